The molecule has 4 nitrogen and oxygen atoms in total. The number of amides is 1. The van der Waals surface area contributed by atoms with Crippen molar-refractivity contribution < 1.29 is 13.9 Å². The van der Waals surface area contributed by atoms with E-state index in [1.54, 1.807) is 18.2 Å². The Balaban J connectivity index is 1.48. The Kier molecular flexibility index (Phi) is 6.19. The normalized spacial score (nSPS) is 15.3. The summed E-state index contributed by atoms with van der Waals surface area (Å²) in [5.41, 5.74) is 2.87. The van der Waals surface area contributed by atoms with Gasteiger partial charge in [-0.3, -0.25) is 4.79 Å². The van der Waals surface area contributed by atoms with E-state index in [4.69, 9.17) is 16.3 Å². The Labute approximate surface area is 180 Å². The van der Waals surface area contributed by atoms with E-state index < -0.39 is 0 Å². The van der Waals surface area contributed by atoms with Crippen molar-refractivity contribution in [3.63, 3.8) is 0 Å². The molecule has 1 atom stereocenters. The molecule has 0 saturated heterocycles. The summed E-state index contributed by atoms with van der Waals surface area (Å²) in [5, 5.41) is 3.54. The number of nitrogens with one attached hydrogen (secondary N) is 1. The number of fused-ring (bicyclic) bond motifs is 1. The molecular formula is C24H22ClFN2O2. The first-order valence-electron chi connectivity index (χ1n) is 9.82. The van der Waals surface area contributed by atoms with E-state index in [2.05, 4.69) is 22.3 Å². The monoisotopic (exact) mass is 424 g/mol. The molecule has 4 rings (SSSR count). The van der Waals surface area contributed by atoms with Crippen molar-refractivity contribution in [3.05, 3.63) is 94.8 Å². The third-order valence-corrected chi connectivity index (χ3v) is 5.36. The van der Waals surface area contributed by atoms with Crippen LogP contribution in [-0.4, -0.2) is 18.6 Å². The van der Waals surface area contributed by atoms with Gasteiger partial charge in [0.15, 0.2) is 0 Å². The van der Waals surface area contributed by atoms with E-state index in [1.165, 1.54) is 12.1 Å². The lowest BCUT2D eigenvalue weighted by Gasteiger charge is -2.38. The third-order valence-electron chi connectivity index (χ3n) is 5.12. The topological polar surface area (TPSA) is 41.6 Å². The summed E-state index contributed by atoms with van der Waals surface area (Å²) in [6, 6.07) is 21.6. The fourth-order valence-electron chi connectivity index (χ4n) is 3.56. The summed E-state index contributed by atoms with van der Waals surface area (Å²) in [5.74, 6) is 0.382. The summed E-state index contributed by atoms with van der Waals surface area (Å²) in [4.78, 5) is 14.8. The van der Waals surface area contributed by atoms with Gasteiger partial charge in [0.1, 0.15) is 18.2 Å². The van der Waals surface area contributed by atoms with Gasteiger partial charge in [0.05, 0.1) is 18.2 Å². The minimum atomic E-state index is -0.293. The van der Waals surface area contributed by atoms with Crippen LogP contribution in [0.15, 0.2) is 72.8 Å². The Morgan fingerprint density at radius 1 is 1.07 bits per heavy atom. The van der Waals surface area contributed by atoms with Gasteiger partial charge in [0.2, 0.25) is 5.91 Å². The maximum Gasteiger partial charge on any atom is 0.222 e. The average molecular weight is 425 g/mol. The highest BCUT2D eigenvalue weighted by atomic mass is 35.5. The van der Waals surface area contributed by atoms with Crippen molar-refractivity contribution in [1.29, 1.82) is 0 Å². The van der Waals surface area contributed by atoms with Crippen LogP contribution < -0.4 is 15.0 Å². The van der Waals surface area contributed by atoms with E-state index in [0.29, 0.717) is 24.7 Å². The van der Waals surface area contributed by atoms with Crippen LogP contribution in [0.2, 0.25) is 5.02 Å². The molecule has 1 aliphatic rings. The second-order valence-corrected chi connectivity index (χ2v) is 7.73. The maximum absolute atomic E-state index is 13.1. The number of nitrogens with zero attached hydrogens (tertiary/aromatic N) is 1. The predicted molar refractivity (Wildman–Crippen MR) is 116 cm³/mol. The first-order valence-corrected chi connectivity index (χ1v) is 10.2. The lowest BCUT2D eigenvalue weighted by molar-refractivity contribution is -0.121. The van der Waals surface area contributed by atoms with E-state index in [9.17, 15) is 9.18 Å². The standard InChI is InChI=1S/C24H22ClFN2O2/c25-19-8-11-23-22(12-19)28(15-18-4-2-1-3-5-18)21(16-30-23)13-24(29)27-14-17-6-9-20(26)10-7-17/h1-12,21H,13-16H2,(H,27,29). The van der Waals surface area contributed by atoms with Gasteiger partial charge in [0.25, 0.3) is 0 Å². The number of halogens is 2. The number of anilines is 1. The molecule has 1 amide bonds. The molecule has 1 aliphatic heterocycles. The first kappa shape index (κ1) is 20.2. The molecule has 0 spiro atoms. The van der Waals surface area contributed by atoms with E-state index in [1.807, 2.05) is 30.3 Å². The number of hydrogen-bond acceptors (Lipinski definition) is 3. The highest BCUT2D eigenvalue weighted by Crippen LogP contribution is 2.37. The largest absolute Gasteiger partial charge is 0.489 e. The number of hydrogen-bond donors (Lipinski definition) is 1. The lowest BCUT2D eigenvalue weighted by Crippen LogP contribution is -2.45. The van der Waals surface area contributed by atoms with E-state index >= 15 is 0 Å². The van der Waals surface area contributed by atoms with Crippen molar-refractivity contribution in [2.75, 3.05) is 11.5 Å². The predicted octanol–water partition coefficient (Wildman–Crippen LogP) is 4.95. The van der Waals surface area contributed by atoms with Gasteiger partial charge in [0, 0.05) is 18.1 Å². The molecule has 154 valence electrons. The van der Waals surface area contributed by atoms with Crippen molar-refractivity contribution in [1.82, 2.24) is 5.32 Å². The van der Waals surface area contributed by atoms with Crippen LogP contribution in [0.4, 0.5) is 10.1 Å². The Bertz CT molecular complexity index is 1010. The van der Waals surface area contributed by atoms with Crippen molar-refractivity contribution in [3.8, 4) is 5.75 Å². The molecule has 3 aromatic carbocycles. The van der Waals surface area contributed by atoms with Crippen LogP contribution in [0.1, 0.15) is 17.5 Å². The smallest absolute Gasteiger partial charge is 0.222 e. The molecule has 0 saturated carbocycles. The van der Waals surface area contributed by atoms with Gasteiger partial charge in [-0.1, -0.05) is 54.1 Å². The molecule has 0 aromatic heterocycles. The van der Waals surface area contributed by atoms with Crippen LogP contribution in [0.5, 0.6) is 5.75 Å². The van der Waals surface area contributed by atoms with Crippen LogP contribution in [0.25, 0.3) is 0 Å². The van der Waals surface area contributed by atoms with Gasteiger partial charge < -0.3 is 15.0 Å². The van der Waals surface area contributed by atoms with Crippen LogP contribution in [-0.2, 0) is 17.9 Å². The fourth-order valence-corrected chi connectivity index (χ4v) is 3.73. The van der Waals surface area contributed by atoms with Gasteiger partial charge in [-0.2, -0.15) is 0 Å². The highest BCUT2D eigenvalue weighted by Gasteiger charge is 2.29. The lowest BCUT2D eigenvalue weighted by atomic mass is 10.1. The Morgan fingerprint density at radius 3 is 2.60 bits per heavy atom. The molecule has 0 aliphatic carbocycles. The molecule has 0 bridgehead atoms. The van der Waals surface area contributed by atoms with Crippen LogP contribution in [0.3, 0.4) is 0 Å². The summed E-state index contributed by atoms with van der Waals surface area (Å²) in [6.45, 7) is 1.41. The zero-order valence-electron chi connectivity index (χ0n) is 16.4. The molecule has 30 heavy (non-hydrogen) atoms. The fraction of sp³-hybridized carbons (Fsp3) is 0.208. The molecule has 1 unspecified atom stereocenters. The zero-order chi connectivity index (χ0) is 20.9. The number of benzene rings is 3. The molecule has 1 heterocycles. The number of carbonyl (C=O) groups excluding carboxylic acids is 1. The van der Waals surface area contributed by atoms with Gasteiger partial charge in [-0.25, -0.2) is 4.39 Å². The van der Waals surface area contributed by atoms with E-state index in [-0.39, 0.29) is 24.2 Å². The van der Waals surface area contributed by atoms with Crippen molar-refractivity contribution in [2.24, 2.45) is 0 Å². The van der Waals surface area contributed by atoms with Gasteiger partial charge >= 0.3 is 0 Å². The number of carbonyl (C=O) groups is 1. The van der Waals surface area contributed by atoms with Crippen LogP contribution >= 0.6 is 11.6 Å². The number of ether oxygens (including phenoxy) is 1. The Morgan fingerprint density at radius 2 is 1.83 bits per heavy atom. The molecule has 3 aromatic rings. The Hall–Kier alpha value is -3.05. The second kappa shape index (κ2) is 9.18. The van der Waals surface area contributed by atoms with Crippen LogP contribution in [0, 0.1) is 5.82 Å². The second-order valence-electron chi connectivity index (χ2n) is 7.30. The average Bonchev–Trinajstić information content (AvgIpc) is 2.76. The molecule has 0 fully saturated rings. The SMILES string of the molecule is O=C(CC1COc2ccc(Cl)cc2N1Cc1ccccc1)NCc1ccc(F)cc1. The summed E-state index contributed by atoms with van der Waals surface area (Å²) >= 11 is 6.24. The minimum absolute atomic E-state index is 0.0866. The summed E-state index contributed by atoms with van der Waals surface area (Å²) < 4.78 is 19.0. The van der Waals surface area contributed by atoms with E-state index in [0.717, 1.165) is 22.6 Å². The summed E-state index contributed by atoms with van der Waals surface area (Å²) in [7, 11) is 0. The van der Waals surface area contributed by atoms with Gasteiger partial charge in [-0.15, -0.1) is 0 Å². The maximum atomic E-state index is 13.1. The highest BCUT2D eigenvalue weighted by molar-refractivity contribution is 6.31. The molecule has 1 N–H and O–H groups in total. The minimum Gasteiger partial charge on any atom is -0.489 e. The van der Waals surface area contributed by atoms with Crippen molar-refractivity contribution >= 4 is 23.2 Å². The summed E-state index contributed by atoms with van der Waals surface area (Å²) in [6.07, 6.45) is 0.278. The molecular weight excluding hydrogens is 403 g/mol. The van der Waals surface area contributed by atoms with Crippen molar-refractivity contribution in [2.45, 2.75) is 25.6 Å². The van der Waals surface area contributed by atoms with Gasteiger partial charge in [-0.05, 0) is 41.5 Å². The molecule has 0 radical (unpaired) electrons. The first-order chi connectivity index (χ1) is 14.6. The number of rotatable bonds is 6. The molecule has 6 heteroatoms. The zero-order valence-corrected chi connectivity index (χ0v) is 17.1. The third kappa shape index (κ3) is 4.92. The quantitative estimate of drug-likeness (QED) is 0.608.